The largest absolute Gasteiger partial charge is 0.458 e. The quantitative estimate of drug-likeness (QED) is 0.191. The van der Waals surface area contributed by atoms with Crippen LogP contribution in [0.3, 0.4) is 0 Å². The van der Waals surface area contributed by atoms with Crippen molar-refractivity contribution in [1.29, 1.82) is 0 Å². The predicted molar refractivity (Wildman–Crippen MR) is 195 cm³/mol. The van der Waals surface area contributed by atoms with Crippen LogP contribution in [0.2, 0.25) is 0 Å². The molecular weight excluding hydrogens is 700 g/mol. The van der Waals surface area contributed by atoms with Crippen LogP contribution in [0.1, 0.15) is 81.1 Å². The molecule has 3 aliphatic rings. The van der Waals surface area contributed by atoms with Gasteiger partial charge >= 0.3 is 12.1 Å². The van der Waals surface area contributed by atoms with E-state index in [1.165, 1.54) is 19.0 Å². The second-order valence-corrected chi connectivity index (χ2v) is 15.7. The number of Topliss-reactive ketones (excluding diaryl/α,β-unsaturated/α-hetero) is 2. The van der Waals surface area contributed by atoms with Crippen molar-refractivity contribution >= 4 is 34.7 Å². The second-order valence-electron chi connectivity index (χ2n) is 15.7. The summed E-state index contributed by atoms with van der Waals surface area (Å²) in [5.74, 6) is -5.25. The fourth-order valence-electron chi connectivity index (χ4n) is 8.50. The molecule has 0 saturated carbocycles. The number of aryl methyl sites for hydroxylation is 1. The maximum Gasteiger partial charge on any atom is 0.425 e. The Labute approximate surface area is 316 Å². The SMILES string of the molecule is CC[C@H]1OC(=O)[C@H](C)C(=O)[C@H](C)[C@@H](O[C@@H]2O[C@H](C)CC(N)C2O)[C@](C)(OC)C[C@@H](C)C(=O)[C@H](C)[C@H]2N(NCCCn3nc4ccccc4n3)C(=O)O[C@]12C. The average molecular weight is 759 g/mol. The Bertz CT molecular complexity index is 1640. The summed E-state index contributed by atoms with van der Waals surface area (Å²) in [6.07, 6.45) is -4.27. The Hall–Kier alpha value is -3.54. The molecule has 3 fully saturated rings. The molecule has 1 aromatic heterocycles. The molecule has 3 aliphatic heterocycles. The van der Waals surface area contributed by atoms with Crippen LogP contribution in [-0.2, 0) is 44.6 Å². The molecule has 300 valence electrons. The zero-order chi connectivity index (χ0) is 39.7. The van der Waals surface area contributed by atoms with E-state index in [2.05, 4.69) is 15.6 Å². The highest BCUT2D eigenvalue weighted by atomic mass is 16.7. The van der Waals surface area contributed by atoms with E-state index in [-0.39, 0.29) is 24.7 Å². The van der Waals surface area contributed by atoms with Gasteiger partial charge in [0.2, 0.25) is 0 Å². The second kappa shape index (κ2) is 16.7. The molecule has 2 aromatic rings. The van der Waals surface area contributed by atoms with E-state index in [0.717, 1.165) is 11.0 Å². The van der Waals surface area contributed by atoms with E-state index in [9.17, 15) is 24.3 Å². The van der Waals surface area contributed by atoms with Crippen LogP contribution in [0.15, 0.2) is 24.3 Å². The topological polar surface area (TPSA) is 207 Å². The fourth-order valence-corrected chi connectivity index (χ4v) is 8.50. The molecule has 13 atom stereocenters. The number of hydrazine groups is 1. The first-order valence-corrected chi connectivity index (χ1v) is 19.1. The number of esters is 1. The van der Waals surface area contributed by atoms with Crippen molar-refractivity contribution in [3.8, 4) is 0 Å². The van der Waals surface area contributed by atoms with E-state index in [1.807, 2.05) is 31.2 Å². The molecule has 0 bridgehead atoms. The van der Waals surface area contributed by atoms with Crippen LogP contribution < -0.4 is 11.2 Å². The van der Waals surface area contributed by atoms with Crippen molar-refractivity contribution in [2.45, 2.75) is 142 Å². The molecule has 0 spiro atoms. The van der Waals surface area contributed by atoms with Crippen LogP contribution in [0, 0.1) is 23.7 Å². The third-order valence-electron chi connectivity index (χ3n) is 11.6. The Morgan fingerprint density at radius 3 is 2.28 bits per heavy atom. The Balaban J connectivity index is 1.45. The summed E-state index contributed by atoms with van der Waals surface area (Å²) in [4.78, 5) is 57.8. The molecule has 1 aromatic carbocycles. The number of ether oxygens (including phenoxy) is 5. The predicted octanol–water partition coefficient (Wildman–Crippen LogP) is 2.93. The number of aliphatic hydroxyl groups excluding tert-OH is 1. The first-order valence-electron chi connectivity index (χ1n) is 19.1. The number of nitrogens with one attached hydrogen (secondary N) is 1. The molecule has 1 amide bonds. The molecule has 4 N–H and O–H groups in total. The van der Waals surface area contributed by atoms with E-state index in [4.69, 9.17) is 29.4 Å². The van der Waals surface area contributed by atoms with Gasteiger partial charge in [-0.05, 0) is 65.5 Å². The van der Waals surface area contributed by atoms with E-state index in [1.54, 1.807) is 46.3 Å². The summed E-state index contributed by atoms with van der Waals surface area (Å²) in [5.41, 5.74) is 8.17. The molecule has 54 heavy (non-hydrogen) atoms. The van der Waals surface area contributed by atoms with E-state index < -0.39 is 89.4 Å². The van der Waals surface area contributed by atoms with E-state index in [0.29, 0.717) is 25.9 Å². The van der Waals surface area contributed by atoms with Crippen molar-refractivity contribution < 1.29 is 48.0 Å². The van der Waals surface area contributed by atoms with Crippen molar-refractivity contribution in [1.82, 2.24) is 25.4 Å². The summed E-state index contributed by atoms with van der Waals surface area (Å²) in [7, 11) is 1.46. The summed E-state index contributed by atoms with van der Waals surface area (Å²) in [6.45, 7) is 14.4. The van der Waals surface area contributed by atoms with Crippen molar-refractivity contribution in [3.05, 3.63) is 24.3 Å². The molecule has 3 saturated heterocycles. The molecule has 16 nitrogen and oxygen atoms in total. The van der Waals surface area contributed by atoms with Crippen LogP contribution in [0.4, 0.5) is 4.79 Å². The molecule has 4 heterocycles. The molecule has 5 rings (SSSR count). The Morgan fingerprint density at radius 1 is 1.02 bits per heavy atom. The molecule has 2 unspecified atom stereocenters. The number of carbonyl (C=O) groups excluding carboxylic acids is 4. The van der Waals surface area contributed by atoms with Gasteiger partial charge in [-0.2, -0.15) is 15.0 Å². The number of aromatic nitrogens is 3. The number of aliphatic hydroxyl groups is 1. The molecule has 16 heteroatoms. The molecule has 0 aliphatic carbocycles. The third-order valence-corrected chi connectivity index (χ3v) is 11.6. The number of hydrogen-bond donors (Lipinski definition) is 3. The summed E-state index contributed by atoms with van der Waals surface area (Å²) in [6, 6.07) is 6.00. The first-order chi connectivity index (χ1) is 25.4. The third kappa shape index (κ3) is 8.19. The average Bonchev–Trinajstić information content (AvgIpc) is 3.67. The molecule has 0 radical (unpaired) electrons. The van der Waals surface area contributed by atoms with Crippen LogP contribution in [0.25, 0.3) is 11.0 Å². The minimum absolute atomic E-state index is 0.0896. The minimum atomic E-state index is -1.47. The molecular formula is C38H58N6O10. The number of ketones is 2. The van der Waals surface area contributed by atoms with Crippen molar-refractivity contribution in [2.75, 3.05) is 13.7 Å². The van der Waals surface area contributed by atoms with Crippen molar-refractivity contribution in [3.63, 3.8) is 0 Å². The van der Waals surface area contributed by atoms with Gasteiger partial charge in [0.1, 0.15) is 41.0 Å². The lowest BCUT2D eigenvalue weighted by Gasteiger charge is -2.46. The minimum Gasteiger partial charge on any atom is -0.458 e. The number of fused-ring (bicyclic) bond motifs is 2. The number of rotatable bonds is 9. The fraction of sp³-hybridized carbons (Fsp3) is 0.737. The van der Waals surface area contributed by atoms with Gasteiger partial charge in [0.15, 0.2) is 17.7 Å². The van der Waals surface area contributed by atoms with Crippen LogP contribution in [0.5, 0.6) is 0 Å². The number of amides is 1. The summed E-state index contributed by atoms with van der Waals surface area (Å²) < 4.78 is 30.6. The van der Waals surface area contributed by atoms with Gasteiger partial charge in [-0.15, -0.1) is 0 Å². The highest BCUT2D eigenvalue weighted by molar-refractivity contribution is 6.00. The number of nitrogens with zero attached hydrogens (tertiary/aromatic N) is 4. The zero-order valence-corrected chi connectivity index (χ0v) is 32.9. The Morgan fingerprint density at radius 2 is 1.67 bits per heavy atom. The number of methoxy groups -OCH3 is 1. The smallest absolute Gasteiger partial charge is 0.425 e. The maximum absolute atomic E-state index is 14.6. The Kier molecular flexibility index (Phi) is 12.9. The lowest BCUT2D eigenvalue weighted by molar-refractivity contribution is -0.288. The highest BCUT2D eigenvalue weighted by Crippen LogP contribution is 2.42. The number of carbonyl (C=O) groups is 4. The number of hydrogen-bond acceptors (Lipinski definition) is 14. The first kappa shape index (κ1) is 41.6. The van der Waals surface area contributed by atoms with Gasteiger partial charge in [0, 0.05) is 37.5 Å². The standard InChI is InChI=1S/C38H58N6O10/c1-10-28-38(8)32(44(36(49)54-38)40-16-13-17-43-41-26-14-11-12-15-27(26)42-43)22(4)29(45)20(2)19-37(7,50-9)33(23(5)30(46)24(6)34(48)52-28)53-35-31(47)25(39)18-21(3)51-35/h11-12,14-15,20-25,28,31-33,35,40,47H,10,13,16-19,39H2,1-9H3/t20-,21-,22+,23+,24-,25?,28-,31?,32-,33-,35+,37-,38-/m1/s1. The van der Waals surface area contributed by atoms with Gasteiger partial charge in [-0.25, -0.2) is 15.2 Å². The van der Waals surface area contributed by atoms with Gasteiger partial charge in [-0.1, -0.05) is 39.8 Å². The summed E-state index contributed by atoms with van der Waals surface area (Å²) in [5, 5.41) is 21.3. The number of cyclic esters (lactones) is 1. The van der Waals surface area contributed by atoms with Gasteiger partial charge in [0.25, 0.3) is 0 Å². The van der Waals surface area contributed by atoms with Crippen LogP contribution in [-0.4, -0.2) is 116 Å². The van der Waals surface area contributed by atoms with E-state index >= 15 is 0 Å². The lowest BCUT2D eigenvalue weighted by atomic mass is 9.73. The van der Waals surface area contributed by atoms with Crippen LogP contribution >= 0.6 is 0 Å². The monoisotopic (exact) mass is 758 g/mol. The normalized spacial score (nSPS) is 38.6. The number of nitrogens with two attached hydrogens (primary N) is 1. The number of benzene rings is 1. The summed E-state index contributed by atoms with van der Waals surface area (Å²) >= 11 is 0. The van der Waals surface area contributed by atoms with Gasteiger partial charge in [0.05, 0.1) is 24.4 Å². The zero-order valence-electron chi connectivity index (χ0n) is 32.9. The lowest BCUT2D eigenvalue weighted by Crippen LogP contribution is -2.61. The van der Waals surface area contributed by atoms with Crippen molar-refractivity contribution in [2.24, 2.45) is 29.4 Å². The highest BCUT2D eigenvalue weighted by Gasteiger charge is 2.60. The van der Waals surface area contributed by atoms with Gasteiger partial charge < -0.3 is 34.5 Å². The maximum atomic E-state index is 14.6. The van der Waals surface area contributed by atoms with Gasteiger partial charge in [-0.3, -0.25) is 14.4 Å².